The Morgan fingerprint density at radius 2 is 1.88 bits per heavy atom. The Morgan fingerprint density at radius 3 is 2.62 bits per heavy atom. The van der Waals surface area contributed by atoms with Crippen LogP contribution >= 0.6 is 0 Å². The van der Waals surface area contributed by atoms with Crippen LogP contribution in [0.3, 0.4) is 0 Å². The molecular formula is C22H28N2O2. The van der Waals surface area contributed by atoms with Crippen LogP contribution in [0.1, 0.15) is 44.1 Å². The van der Waals surface area contributed by atoms with Crippen molar-refractivity contribution in [1.29, 1.82) is 0 Å². The number of rotatable bonds is 4. The van der Waals surface area contributed by atoms with E-state index < -0.39 is 0 Å². The Labute approximate surface area is 155 Å². The van der Waals surface area contributed by atoms with Crippen molar-refractivity contribution in [3.8, 4) is 0 Å². The summed E-state index contributed by atoms with van der Waals surface area (Å²) in [5, 5.41) is 0. The van der Waals surface area contributed by atoms with Crippen molar-refractivity contribution in [1.82, 2.24) is 9.80 Å². The average Bonchev–Trinajstić information content (AvgIpc) is 2.94. The zero-order valence-corrected chi connectivity index (χ0v) is 15.5. The number of fused-ring (bicyclic) bond motifs is 2. The molecule has 4 heteroatoms. The van der Waals surface area contributed by atoms with Crippen molar-refractivity contribution < 1.29 is 9.59 Å². The largest absolute Gasteiger partial charge is 0.342 e. The molecule has 1 saturated heterocycles. The molecule has 2 fully saturated rings. The second-order valence-electron chi connectivity index (χ2n) is 8.01. The van der Waals surface area contributed by atoms with E-state index in [0.29, 0.717) is 6.04 Å². The minimum atomic E-state index is -0.302. The molecule has 1 aliphatic carbocycles. The summed E-state index contributed by atoms with van der Waals surface area (Å²) in [6, 6.07) is 10.5. The van der Waals surface area contributed by atoms with E-state index in [2.05, 4.69) is 17.0 Å². The highest BCUT2D eigenvalue weighted by molar-refractivity contribution is 6.00. The molecule has 0 aromatic heterocycles. The Balaban J connectivity index is 1.52. The molecule has 2 bridgehead atoms. The van der Waals surface area contributed by atoms with Gasteiger partial charge in [-0.25, -0.2) is 0 Å². The zero-order valence-electron chi connectivity index (χ0n) is 15.5. The lowest BCUT2D eigenvalue weighted by Crippen LogP contribution is -2.49. The lowest BCUT2D eigenvalue weighted by atomic mass is 9.91. The van der Waals surface area contributed by atoms with E-state index in [1.807, 2.05) is 36.2 Å². The molecule has 0 N–H and O–H groups in total. The molecule has 138 valence electrons. The van der Waals surface area contributed by atoms with Crippen molar-refractivity contribution >= 4 is 11.7 Å². The Kier molecular flexibility index (Phi) is 4.94. The average molecular weight is 352 g/mol. The van der Waals surface area contributed by atoms with Crippen molar-refractivity contribution in [2.45, 2.75) is 63.2 Å². The summed E-state index contributed by atoms with van der Waals surface area (Å²) in [7, 11) is 1.94. The Bertz CT molecular complexity index is 693. The van der Waals surface area contributed by atoms with Crippen LogP contribution in [0.15, 0.2) is 42.5 Å². The molecule has 4 rings (SSSR count). The standard InChI is InChI=1S/C22H28N2O2/c1-23(17-10-6-3-7-11-17)22(26)19-14-18-12-13-20(25)21(19)24(18)15-16-8-4-2-5-9-16/h2,4-5,8-9,12-13,17-19,21H,3,6-7,10-11,14-15H2,1H3/t18-,19?,21-/m0/s1. The molecule has 2 aliphatic heterocycles. The first kappa shape index (κ1) is 17.5. The first-order valence-corrected chi connectivity index (χ1v) is 9.93. The monoisotopic (exact) mass is 352 g/mol. The molecule has 3 aliphatic rings. The molecule has 4 nitrogen and oxygen atoms in total. The van der Waals surface area contributed by atoms with Crippen molar-refractivity contribution in [3.05, 3.63) is 48.0 Å². The SMILES string of the molecule is CN(C(=O)C1C[C@@H]2C=CC(=O)[C@H]1N2Cc1ccccc1)C1CCCCC1. The third kappa shape index (κ3) is 3.23. The van der Waals surface area contributed by atoms with Gasteiger partial charge in [0.25, 0.3) is 0 Å². The highest BCUT2D eigenvalue weighted by Crippen LogP contribution is 2.37. The highest BCUT2D eigenvalue weighted by atomic mass is 16.2. The van der Waals surface area contributed by atoms with Crippen LogP contribution in [-0.4, -0.2) is 46.7 Å². The number of ketones is 1. The van der Waals surface area contributed by atoms with Gasteiger partial charge in [-0.05, 0) is 30.9 Å². The van der Waals surface area contributed by atoms with Gasteiger partial charge in [0.05, 0.1) is 12.0 Å². The third-order valence-corrected chi connectivity index (χ3v) is 6.43. The van der Waals surface area contributed by atoms with Crippen LogP contribution in [0.2, 0.25) is 0 Å². The number of hydrogen-bond acceptors (Lipinski definition) is 3. The van der Waals surface area contributed by atoms with Crippen LogP contribution in [0, 0.1) is 5.92 Å². The Hall–Kier alpha value is -1.94. The smallest absolute Gasteiger partial charge is 0.227 e. The van der Waals surface area contributed by atoms with E-state index in [1.54, 1.807) is 6.08 Å². The molecule has 0 radical (unpaired) electrons. The zero-order chi connectivity index (χ0) is 18.1. The molecular weight excluding hydrogens is 324 g/mol. The van der Waals surface area contributed by atoms with Gasteiger partial charge in [-0.15, -0.1) is 0 Å². The predicted molar refractivity (Wildman–Crippen MR) is 101 cm³/mol. The van der Waals surface area contributed by atoms with Gasteiger partial charge >= 0.3 is 0 Å². The third-order valence-electron chi connectivity index (χ3n) is 6.43. The van der Waals surface area contributed by atoms with E-state index in [0.717, 1.165) is 25.8 Å². The van der Waals surface area contributed by atoms with Crippen LogP contribution in [-0.2, 0) is 16.1 Å². The van der Waals surface area contributed by atoms with E-state index in [1.165, 1.54) is 24.8 Å². The lowest BCUT2D eigenvalue weighted by molar-refractivity contribution is -0.140. The summed E-state index contributed by atoms with van der Waals surface area (Å²) >= 11 is 0. The van der Waals surface area contributed by atoms with E-state index in [-0.39, 0.29) is 29.7 Å². The van der Waals surface area contributed by atoms with Gasteiger partial charge in [-0.1, -0.05) is 55.7 Å². The molecule has 26 heavy (non-hydrogen) atoms. The summed E-state index contributed by atoms with van der Waals surface area (Å²) in [6.45, 7) is 0.725. The van der Waals surface area contributed by atoms with Gasteiger partial charge in [0, 0.05) is 25.7 Å². The topological polar surface area (TPSA) is 40.6 Å². The van der Waals surface area contributed by atoms with Crippen LogP contribution in [0.25, 0.3) is 0 Å². The minimum Gasteiger partial charge on any atom is -0.342 e. The number of amides is 1. The van der Waals surface area contributed by atoms with E-state index >= 15 is 0 Å². The van der Waals surface area contributed by atoms with Gasteiger partial charge in [-0.2, -0.15) is 0 Å². The summed E-state index contributed by atoms with van der Waals surface area (Å²) < 4.78 is 0. The number of benzene rings is 1. The van der Waals surface area contributed by atoms with Crippen molar-refractivity contribution in [3.63, 3.8) is 0 Å². The number of carbonyl (C=O) groups is 2. The fourth-order valence-corrected chi connectivity index (χ4v) is 4.97. The van der Waals surface area contributed by atoms with Gasteiger partial charge in [0.15, 0.2) is 5.78 Å². The quantitative estimate of drug-likeness (QED) is 0.836. The first-order valence-electron chi connectivity index (χ1n) is 9.93. The molecule has 1 unspecified atom stereocenters. The number of hydrogen-bond donors (Lipinski definition) is 0. The van der Waals surface area contributed by atoms with Crippen LogP contribution in [0.4, 0.5) is 0 Å². The second-order valence-corrected chi connectivity index (χ2v) is 8.01. The Morgan fingerprint density at radius 1 is 1.15 bits per heavy atom. The maximum atomic E-state index is 13.3. The van der Waals surface area contributed by atoms with Gasteiger partial charge in [-0.3, -0.25) is 14.5 Å². The van der Waals surface area contributed by atoms with Gasteiger partial charge in [0.1, 0.15) is 0 Å². The molecule has 3 atom stereocenters. The summed E-state index contributed by atoms with van der Waals surface area (Å²) in [5.41, 5.74) is 1.19. The van der Waals surface area contributed by atoms with E-state index in [9.17, 15) is 9.59 Å². The molecule has 1 saturated carbocycles. The maximum Gasteiger partial charge on any atom is 0.227 e. The van der Waals surface area contributed by atoms with Gasteiger partial charge < -0.3 is 4.90 Å². The summed E-state index contributed by atoms with van der Waals surface area (Å²) in [6.07, 6.45) is 10.3. The van der Waals surface area contributed by atoms with Crippen LogP contribution in [0.5, 0.6) is 0 Å². The van der Waals surface area contributed by atoms with Crippen molar-refractivity contribution in [2.24, 2.45) is 5.92 Å². The molecule has 1 amide bonds. The second kappa shape index (κ2) is 7.36. The maximum absolute atomic E-state index is 13.3. The fourth-order valence-electron chi connectivity index (χ4n) is 4.97. The highest BCUT2D eigenvalue weighted by Gasteiger charge is 2.49. The number of carbonyl (C=O) groups excluding carboxylic acids is 2. The minimum absolute atomic E-state index is 0.0880. The van der Waals surface area contributed by atoms with E-state index in [4.69, 9.17) is 0 Å². The summed E-state index contributed by atoms with van der Waals surface area (Å²) in [5.74, 6) is 0.0442. The molecule has 1 aromatic rings. The normalized spacial score (nSPS) is 29.1. The molecule has 2 heterocycles. The van der Waals surface area contributed by atoms with Gasteiger partial charge in [0.2, 0.25) is 5.91 Å². The molecule has 1 aromatic carbocycles. The lowest BCUT2D eigenvalue weighted by Gasteiger charge is -2.35. The van der Waals surface area contributed by atoms with Crippen LogP contribution < -0.4 is 0 Å². The van der Waals surface area contributed by atoms with Crippen molar-refractivity contribution in [2.75, 3.05) is 7.05 Å². The fraction of sp³-hybridized carbons (Fsp3) is 0.545. The predicted octanol–water partition coefficient (Wildman–Crippen LogP) is 3.18. The number of nitrogens with zero attached hydrogens (tertiary/aromatic N) is 2. The molecule has 0 spiro atoms. The summed E-state index contributed by atoms with van der Waals surface area (Å²) in [4.78, 5) is 30.1. The first-order chi connectivity index (χ1) is 12.6.